The van der Waals surface area contributed by atoms with Crippen LogP contribution in [0.25, 0.3) is 10.9 Å². The van der Waals surface area contributed by atoms with Crippen molar-refractivity contribution in [2.75, 3.05) is 19.5 Å². The molecule has 30 heavy (non-hydrogen) atoms. The Labute approximate surface area is 178 Å². The van der Waals surface area contributed by atoms with E-state index in [-0.39, 0.29) is 10.4 Å². The zero-order valence-electron chi connectivity index (χ0n) is 16.7. The van der Waals surface area contributed by atoms with E-state index in [1.807, 2.05) is 18.2 Å². The maximum Gasteiger partial charge on any atom is 0.267 e. The quantitative estimate of drug-likeness (QED) is 0.565. The third kappa shape index (κ3) is 4.53. The number of methoxy groups -OCH3 is 1. The summed E-state index contributed by atoms with van der Waals surface area (Å²) in [4.78, 5) is 12.9. The van der Waals surface area contributed by atoms with E-state index in [0.717, 1.165) is 42.4 Å². The third-order valence-electron chi connectivity index (χ3n) is 5.04. The third-order valence-corrected chi connectivity index (χ3v) is 7.76. The van der Waals surface area contributed by atoms with Crippen LogP contribution < -0.4 is 14.8 Å². The van der Waals surface area contributed by atoms with Crippen molar-refractivity contribution < 1.29 is 17.9 Å². The Morgan fingerprint density at radius 3 is 2.60 bits per heavy atom. The second kappa shape index (κ2) is 8.80. The first kappa shape index (κ1) is 20.9. The lowest BCUT2D eigenvalue weighted by Crippen LogP contribution is -2.27. The number of hydrogen-bond acceptors (Lipinski definition) is 9. The van der Waals surface area contributed by atoms with Gasteiger partial charge in [-0.3, -0.25) is 0 Å². The normalized spacial score (nSPS) is 19.7. The number of nitrogens with zero attached hydrogens (tertiary/aromatic N) is 3. The lowest BCUT2D eigenvalue weighted by atomic mass is 9.95. The lowest BCUT2D eigenvalue weighted by molar-refractivity contribution is 0.0331. The number of rotatable bonds is 7. The van der Waals surface area contributed by atoms with Crippen LogP contribution >= 0.6 is 11.3 Å². The topological polar surface area (TPSA) is 115 Å². The van der Waals surface area contributed by atoms with Crippen LogP contribution in [0.3, 0.4) is 0 Å². The van der Waals surface area contributed by atoms with Gasteiger partial charge in [-0.25, -0.2) is 28.1 Å². The molecule has 2 aromatic heterocycles. The predicted molar refractivity (Wildman–Crippen MR) is 115 cm³/mol. The average Bonchev–Trinajstić information content (AvgIpc) is 3.24. The monoisotopic (exact) mass is 449 g/mol. The predicted octanol–water partition coefficient (Wildman–Crippen LogP) is 3.07. The van der Waals surface area contributed by atoms with Crippen molar-refractivity contribution in [3.8, 4) is 5.75 Å². The summed E-state index contributed by atoms with van der Waals surface area (Å²) in [6.07, 6.45) is 7.44. The Morgan fingerprint density at radius 2 is 1.87 bits per heavy atom. The lowest BCUT2D eigenvalue weighted by Gasteiger charge is -2.28. The van der Waals surface area contributed by atoms with Gasteiger partial charge in [0.15, 0.2) is 0 Å². The molecule has 0 amide bonds. The highest BCUT2D eigenvalue weighted by Gasteiger charge is 2.23. The molecule has 9 nitrogen and oxygen atoms in total. The number of aromatic nitrogens is 3. The minimum atomic E-state index is -3.59. The van der Waals surface area contributed by atoms with Gasteiger partial charge < -0.3 is 14.8 Å². The van der Waals surface area contributed by atoms with E-state index in [4.69, 9.17) is 9.47 Å². The number of anilines is 2. The first-order chi connectivity index (χ1) is 14.5. The van der Waals surface area contributed by atoms with Gasteiger partial charge in [0.05, 0.1) is 18.4 Å². The van der Waals surface area contributed by atoms with E-state index in [1.54, 1.807) is 13.3 Å². The number of hydrogen-bond donors (Lipinski definition) is 2. The fourth-order valence-electron chi connectivity index (χ4n) is 3.39. The summed E-state index contributed by atoms with van der Waals surface area (Å²) in [5.41, 5.74) is 0.705. The van der Waals surface area contributed by atoms with Crippen molar-refractivity contribution in [3.05, 3.63) is 30.6 Å². The number of fused-ring (bicyclic) bond motifs is 1. The second-order valence-corrected chi connectivity index (χ2v) is 10.1. The largest absolute Gasteiger partial charge is 0.488 e. The molecule has 1 saturated carbocycles. The molecule has 1 aliphatic rings. The Morgan fingerprint density at radius 1 is 1.10 bits per heavy atom. The van der Waals surface area contributed by atoms with Crippen molar-refractivity contribution in [1.82, 2.24) is 19.7 Å². The fraction of sp³-hybridized carbons (Fsp3) is 0.421. The van der Waals surface area contributed by atoms with Crippen LogP contribution in [0.2, 0.25) is 0 Å². The zero-order chi connectivity index (χ0) is 21.1. The number of ether oxygens (including phenoxy) is 2. The molecule has 0 bridgehead atoms. The number of benzene rings is 1. The van der Waals surface area contributed by atoms with Gasteiger partial charge in [0.25, 0.3) is 10.0 Å². The molecule has 0 unspecified atom stereocenters. The van der Waals surface area contributed by atoms with E-state index >= 15 is 0 Å². The van der Waals surface area contributed by atoms with Gasteiger partial charge in [-0.1, -0.05) is 23.5 Å². The van der Waals surface area contributed by atoms with Gasteiger partial charge >= 0.3 is 0 Å². The van der Waals surface area contributed by atoms with E-state index in [9.17, 15) is 8.42 Å². The highest BCUT2D eigenvalue weighted by Crippen LogP contribution is 2.31. The molecule has 0 aliphatic heterocycles. The maximum absolute atomic E-state index is 11.9. The van der Waals surface area contributed by atoms with Crippen molar-refractivity contribution >= 4 is 43.2 Å². The molecule has 0 atom stereocenters. The fourth-order valence-corrected chi connectivity index (χ4v) is 5.25. The molecular formula is C19H23N5O4S2. The van der Waals surface area contributed by atoms with Crippen molar-refractivity contribution in [2.24, 2.45) is 0 Å². The van der Waals surface area contributed by atoms with Crippen molar-refractivity contribution in [3.63, 3.8) is 0 Å². The molecule has 3 aromatic rings. The van der Waals surface area contributed by atoms with Gasteiger partial charge in [-0.15, -0.1) is 0 Å². The molecule has 160 valence electrons. The smallest absolute Gasteiger partial charge is 0.267 e. The number of para-hydroxylation sites is 1. The highest BCUT2D eigenvalue weighted by atomic mass is 32.2. The number of nitrogens with one attached hydrogen (secondary N) is 2. The highest BCUT2D eigenvalue weighted by molar-refractivity contribution is 7.91. The van der Waals surface area contributed by atoms with Crippen LogP contribution in [0, 0.1) is 0 Å². The van der Waals surface area contributed by atoms with Crippen LogP contribution in [-0.2, 0) is 14.8 Å². The summed E-state index contributed by atoms with van der Waals surface area (Å²) in [6.45, 7) is 0. The van der Waals surface area contributed by atoms with Gasteiger partial charge in [-0.05, 0) is 38.8 Å². The number of thiazole rings is 1. The van der Waals surface area contributed by atoms with Crippen LogP contribution in [-0.4, -0.2) is 49.7 Å². The van der Waals surface area contributed by atoms with E-state index in [1.165, 1.54) is 13.2 Å². The number of sulfonamides is 1. The SMILES string of the molecule is CNS(=O)(=O)c1ncc(Nc2ncc3cccc(OC4CCC(OC)CC4)c3n2)s1. The van der Waals surface area contributed by atoms with Crippen LogP contribution in [0.1, 0.15) is 25.7 Å². The summed E-state index contributed by atoms with van der Waals surface area (Å²) in [7, 11) is -0.487. The second-order valence-electron chi connectivity index (χ2n) is 6.96. The summed E-state index contributed by atoms with van der Waals surface area (Å²) in [5.74, 6) is 1.06. The van der Waals surface area contributed by atoms with Gasteiger partial charge in [0.2, 0.25) is 10.3 Å². The summed E-state index contributed by atoms with van der Waals surface area (Å²) in [6, 6.07) is 5.76. The van der Waals surface area contributed by atoms with Gasteiger partial charge in [0.1, 0.15) is 16.3 Å². The van der Waals surface area contributed by atoms with Crippen LogP contribution in [0.5, 0.6) is 5.75 Å². The van der Waals surface area contributed by atoms with Crippen molar-refractivity contribution in [1.29, 1.82) is 0 Å². The van der Waals surface area contributed by atoms with Crippen LogP contribution in [0.15, 0.2) is 34.9 Å². The molecule has 11 heteroatoms. The van der Waals surface area contributed by atoms with E-state index in [2.05, 4.69) is 25.0 Å². The molecule has 2 N–H and O–H groups in total. The minimum absolute atomic E-state index is 0.0241. The van der Waals surface area contributed by atoms with Gasteiger partial charge in [-0.2, -0.15) is 0 Å². The first-order valence-electron chi connectivity index (χ1n) is 9.60. The van der Waals surface area contributed by atoms with Crippen LogP contribution in [0.4, 0.5) is 10.9 Å². The van der Waals surface area contributed by atoms with E-state index in [0.29, 0.717) is 28.3 Å². The zero-order valence-corrected chi connectivity index (χ0v) is 18.3. The Balaban J connectivity index is 1.54. The molecule has 0 spiro atoms. The summed E-state index contributed by atoms with van der Waals surface area (Å²) < 4.78 is 37.7. The first-order valence-corrected chi connectivity index (χ1v) is 11.9. The van der Waals surface area contributed by atoms with E-state index < -0.39 is 10.0 Å². The molecular weight excluding hydrogens is 426 g/mol. The Kier molecular flexibility index (Phi) is 6.14. The molecule has 0 radical (unpaired) electrons. The van der Waals surface area contributed by atoms with Crippen molar-refractivity contribution in [2.45, 2.75) is 42.2 Å². The Bertz CT molecular complexity index is 1130. The molecule has 4 rings (SSSR count). The molecule has 1 aliphatic carbocycles. The summed E-state index contributed by atoms with van der Waals surface area (Å²) in [5, 5.41) is 4.42. The standard InChI is InChI=1S/C19H23N5O4S2/c1-20-30(25,26)19-22-11-16(29-19)23-18-21-10-12-4-3-5-15(17(12)24-18)28-14-8-6-13(27-2)7-9-14/h3-5,10-11,13-14,20H,6-9H2,1-2H3,(H,21,23,24). The Hall–Kier alpha value is -2.34. The van der Waals surface area contributed by atoms with Gasteiger partial charge in [0, 0.05) is 18.7 Å². The minimum Gasteiger partial charge on any atom is -0.488 e. The molecule has 2 heterocycles. The summed E-state index contributed by atoms with van der Waals surface area (Å²) >= 11 is 1.00. The average molecular weight is 450 g/mol. The molecule has 0 saturated heterocycles. The molecule has 1 aromatic carbocycles. The maximum atomic E-state index is 11.9. The molecule has 1 fully saturated rings.